The lowest BCUT2D eigenvalue weighted by Crippen LogP contribution is -2.36. The van der Waals surface area contributed by atoms with Gasteiger partial charge in [-0.2, -0.15) is 0 Å². The van der Waals surface area contributed by atoms with Crippen LogP contribution in [-0.2, 0) is 14.4 Å². The minimum Gasteiger partial charge on any atom is -0.369 e. The highest BCUT2D eigenvalue weighted by atomic mass is 16.2. The zero-order chi connectivity index (χ0) is 10.9. The molecule has 0 heterocycles. The van der Waals surface area contributed by atoms with Gasteiger partial charge in [-0.1, -0.05) is 13.8 Å². The van der Waals surface area contributed by atoms with Crippen LogP contribution >= 0.6 is 0 Å². The molecule has 1 saturated carbocycles. The average molecular weight is 197 g/mol. The van der Waals surface area contributed by atoms with Crippen LogP contribution in [-0.4, -0.2) is 17.5 Å². The van der Waals surface area contributed by atoms with Crippen LogP contribution in [0.25, 0.3) is 0 Å². The summed E-state index contributed by atoms with van der Waals surface area (Å²) < 4.78 is 0. The Morgan fingerprint density at radius 3 is 2.43 bits per heavy atom. The standard InChI is InChI=1S/C10H15NO3/c1-10(2)4-3-6(12)8(9(11)14)7(13)5-10/h8H,3-5H2,1-2H3,(H2,11,14). The van der Waals surface area contributed by atoms with Crippen molar-refractivity contribution < 1.29 is 14.4 Å². The summed E-state index contributed by atoms with van der Waals surface area (Å²) in [7, 11) is 0. The highest BCUT2D eigenvalue weighted by Gasteiger charge is 2.38. The molecule has 2 N–H and O–H groups in total. The van der Waals surface area contributed by atoms with Crippen LogP contribution in [0.15, 0.2) is 0 Å². The molecule has 0 spiro atoms. The van der Waals surface area contributed by atoms with Gasteiger partial charge in [0.25, 0.3) is 0 Å². The summed E-state index contributed by atoms with van der Waals surface area (Å²) in [5.41, 5.74) is 4.83. The molecular formula is C10H15NO3. The van der Waals surface area contributed by atoms with Gasteiger partial charge in [-0.05, 0) is 11.8 Å². The number of amides is 1. The van der Waals surface area contributed by atoms with Crippen LogP contribution in [0.2, 0.25) is 0 Å². The van der Waals surface area contributed by atoms with Crippen molar-refractivity contribution in [2.75, 3.05) is 0 Å². The molecule has 1 amide bonds. The summed E-state index contributed by atoms with van der Waals surface area (Å²) in [5.74, 6) is -2.66. The van der Waals surface area contributed by atoms with Gasteiger partial charge in [0.2, 0.25) is 5.91 Å². The number of primary amides is 1. The third-order valence-electron chi connectivity index (χ3n) is 2.63. The number of hydrogen-bond donors (Lipinski definition) is 1. The van der Waals surface area contributed by atoms with E-state index in [0.29, 0.717) is 6.42 Å². The lowest BCUT2D eigenvalue weighted by atomic mass is 9.84. The van der Waals surface area contributed by atoms with Crippen LogP contribution in [0.3, 0.4) is 0 Å². The van der Waals surface area contributed by atoms with E-state index in [1.54, 1.807) is 0 Å². The van der Waals surface area contributed by atoms with Crippen molar-refractivity contribution >= 4 is 17.5 Å². The van der Waals surface area contributed by atoms with Crippen molar-refractivity contribution in [1.29, 1.82) is 0 Å². The van der Waals surface area contributed by atoms with E-state index in [9.17, 15) is 14.4 Å². The quantitative estimate of drug-likeness (QED) is 0.489. The summed E-state index contributed by atoms with van der Waals surface area (Å²) in [6, 6.07) is 0. The van der Waals surface area contributed by atoms with Gasteiger partial charge in [-0.25, -0.2) is 0 Å². The second kappa shape index (κ2) is 3.52. The van der Waals surface area contributed by atoms with E-state index in [1.165, 1.54) is 0 Å². The Hall–Kier alpha value is -1.19. The van der Waals surface area contributed by atoms with E-state index < -0.39 is 11.8 Å². The van der Waals surface area contributed by atoms with Crippen molar-refractivity contribution in [3.05, 3.63) is 0 Å². The molecule has 78 valence electrons. The van der Waals surface area contributed by atoms with Gasteiger partial charge in [0.05, 0.1) is 0 Å². The van der Waals surface area contributed by atoms with Crippen LogP contribution in [0, 0.1) is 11.3 Å². The molecule has 14 heavy (non-hydrogen) atoms. The largest absolute Gasteiger partial charge is 0.369 e. The molecule has 1 fully saturated rings. The fraction of sp³-hybridized carbons (Fsp3) is 0.700. The van der Waals surface area contributed by atoms with Gasteiger partial charge < -0.3 is 5.73 Å². The molecule has 0 aliphatic heterocycles. The summed E-state index contributed by atoms with van der Waals surface area (Å²) in [6.45, 7) is 3.84. The smallest absolute Gasteiger partial charge is 0.235 e. The van der Waals surface area contributed by atoms with Gasteiger partial charge in [0.1, 0.15) is 0 Å². The van der Waals surface area contributed by atoms with E-state index in [0.717, 1.165) is 0 Å². The van der Waals surface area contributed by atoms with Crippen LogP contribution in [0.5, 0.6) is 0 Å². The first-order chi connectivity index (χ1) is 6.33. The van der Waals surface area contributed by atoms with Crippen LogP contribution < -0.4 is 5.73 Å². The normalized spacial score (nSPS) is 27.1. The summed E-state index contributed by atoms with van der Waals surface area (Å²) in [5, 5.41) is 0. The molecule has 1 aliphatic carbocycles. The molecule has 0 bridgehead atoms. The third kappa shape index (κ3) is 2.19. The number of carbonyl (C=O) groups is 3. The van der Waals surface area contributed by atoms with Crippen molar-refractivity contribution in [1.82, 2.24) is 0 Å². The van der Waals surface area contributed by atoms with Crippen LogP contribution in [0.1, 0.15) is 33.1 Å². The summed E-state index contributed by atoms with van der Waals surface area (Å²) in [4.78, 5) is 33.9. The Balaban J connectivity index is 2.93. The molecule has 1 atom stereocenters. The van der Waals surface area contributed by atoms with Gasteiger partial charge in [0, 0.05) is 12.8 Å². The molecule has 0 saturated heterocycles. The average Bonchev–Trinajstić information content (AvgIpc) is 2.07. The lowest BCUT2D eigenvalue weighted by Gasteiger charge is -2.20. The summed E-state index contributed by atoms with van der Waals surface area (Å²) >= 11 is 0. The summed E-state index contributed by atoms with van der Waals surface area (Å²) in [6.07, 6.45) is 1.17. The number of carbonyl (C=O) groups excluding carboxylic acids is 3. The zero-order valence-electron chi connectivity index (χ0n) is 8.50. The third-order valence-corrected chi connectivity index (χ3v) is 2.63. The Morgan fingerprint density at radius 2 is 1.93 bits per heavy atom. The first-order valence-corrected chi connectivity index (χ1v) is 4.68. The molecular weight excluding hydrogens is 182 g/mol. The molecule has 1 aliphatic rings. The van der Waals surface area contributed by atoms with Crippen LogP contribution in [0.4, 0.5) is 0 Å². The maximum absolute atomic E-state index is 11.6. The Morgan fingerprint density at radius 1 is 1.36 bits per heavy atom. The van der Waals surface area contributed by atoms with Crippen molar-refractivity contribution in [3.8, 4) is 0 Å². The van der Waals surface area contributed by atoms with E-state index in [-0.39, 0.29) is 29.8 Å². The van der Waals surface area contributed by atoms with Crippen molar-refractivity contribution in [2.45, 2.75) is 33.1 Å². The maximum Gasteiger partial charge on any atom is 0.235 e. The molecule has 0 aromatic heterocycles. The highest BCUT2D eigenvalue weighted by Crippen LogP contribution is 2.32. The predicted octanol–water partition coefficient (Wildman–Crippen LogP) is 0.436. The number of ketones is 2. The lowest BCUT2D eigenvalue weighted by molar-refractivity contribution is -0.139. The number of Topliss-reactive ketones (excluding diaryl/α,β-unsaturated/α-hetero) is 2. The Kier molecular flexibility index (Phi) is 2.73. The molecule has 0 aromatic carbocycles. The number of hydrogen-bond acceptors (Lipinski definition) is 3. The molecule has 1 unspecified atom stereocenters. The van der Waals surface area contributed by atoms with E-state index in [1.807, 2.05) is 13.8 Å². The van der Waals surface area contributed by atoms with Crippen molar-refractivity contribution in [2.24, 2.45) is 17.1 Å². The molecule has 0 aromatic rings. The van der Waals surface area contributed by atoms with E-state index >= 15 is 0 Å². The second-order valence-electron chi connectivity index (χ2n) is 4.61. The SMILES string of the molecule is CC1(C)CCC(=O)C(C(N)=O)C(=O)C1. The topological polar surface area (TPSA) is 77.2 Å². The fourth-order valence-corrected chi connectivity index (χ4v) is 1.76. The maximum atomic E-state index is 11.6. The second-order valence-corrected chi connectivity index (χ2v) is 4.61. The minimum atomic E-state index is -1.20. The number of nitrogens with two attached hydrogens (primary N) is 1. The first-order valence-electron chi connectivity index (χ1n) is 4.68. The molecule has 1 rings (SSSR count). The Labute approximate surface area is 82.8 Å². The van der Waals surface area contributed by atoms with E-state index in [2.05, 4.69) is 0 Å². The fourth-order valence-electron chi connectivity index (χ4n) is 1.76. The number of rotatable bonds is 1. The predicted molar refractivity (Wildman–Crippen MR) is 50.3 cm³/mol. The van der Waals surface area contributed by atoms with Gasteiger partial charge in [-0.15, -0.1) is 0 Å². The zero-order valence-corrected chi connectivity index (χ0v) is 8.50. The highest BCUT2D eigenvalue weighted by molar-refractivity contribution is 6.18. The van der Waals surface area contributed by atoms with Gasteiger partial charge in [0.15, 0.2) is 17.5 Å². The molecule has 4 nitrogen and oxygen atoms in total. The van der Waals surface area contributed by atoms with Gasteiger partial charge in [-0.3, -0.25) is 14.4 Å². The monoisotopic (exact) mass is 197 g/mol. The molecule has 4 heteroatoms. The Bertz CT molecular complexity index is 294. The van der Waals surface area contributed by atoms with E-state index in [4.69, 9.17) is 5.73 Å². The minimum absolute atomic E-state index is 0.197. The first kappa shape index (κ1) is 10.9. The molecule has 0 radical (unpaired) electrons. The van der Waals surface area contributed by atoms with Gasteiger partial charge >= 0.3 is 0 Å². The van der Waals surface area contributed by atoms with Crippen molar-refractivity contribution in [3.63, 3.8) is 0 Å².